The van der Waals surface area contributed by atoms with Crippen LogP contribution in [0.15, 0.2) is 65.6 Å². The molecule has 0 spiro atoms. The predicted molar refractivity (Wildman–Crippen MR) is 109 cm³/mol. The highest BCUT2D eigenvalue weighted by atomic mass is 35.5. The largest absolute Gasteiger partial charge is 0.325 e. The van der Waals surface area contributed by atoms with Gasteiger partial charge >= 0.3 is 0 Å². The molecule has 25 heavy (non-hydrogen) atoms. The summed E-state index contributed by atoms with van der Waals surface area (Å²) in [5, 5.41) is 5.75. The van der Waals surface area contributed by atoms with Gasteiger partial charge in [0.1, 0.15) is 0 Å². The van der Waals surface area contributed by atoms with E-state index in [1.165, 1.54) is 17.3 Å². The molecular weight excluding hydrogens is 350 g/mol. The average molecular weight is 370 g/mol. The van der Waals surface area contributed by atoms with Crippen LogP contribution >= 0.6 is 23.4 Å². The molecule has 3 rings (SSSR count). The molecule has 3 aromatic carbocycles. The Labute approximate surface area is 157 Å². The molecule has 0 saturated heterocycles. The molecule has 0 unspecified atom stereocenters. The van der Waals surface area contributed by atoms with Gasteiger partial charge in [-0.15, -0.1) is 11.8 Å². The van der Waals surface area contributed by atoms with Gasteiger partial charge in [0, 0.05) is 21.0 Å². The molecule has 0 saturated carbocycles. The van der Waals surface area contributed by atoms with E-state index >= 15 is 0 Å². The lowest BCUT2D eigenvalue weighted by Gasteiger charge is -2.10. The third kappa shape index (κ3) is 4.36. The molecule has 0 bridgehead atoms. The molecule has 128 valence electrons. The number of carbonyl (C=O) groups is 1. The van der Waals surface area contributed by atoms with Crippen LogP contribution in [0.5, 0.6) is 0 Å². The zero-order chi connectivity index (χ0) is 17.8. The fourth-order valence-corrected chi connectivity index (χ4v) is 3.92. The second-order valence-electron chi connectivity index (χ2n) is 6.21. The van der Waals surface area contributed by atoms with Crippen molar-refractivity contribution in [3.63, 3.8) is 0 Å². The van der Waals surface area contributed by atoms with Crippen molar-refractivity contribution in [3.05, 3.63) is 71.2 Å². The lowest BCUT2D eigenvalue weighted by molar-refractivity contribution is -0.113. The Balaban J connectivity index is 1.67. The molecule has 2 nitrogen and oxygen atoms in total. The van der Waals surface area contributed by atoms with Crippen molar-refractivity contribution in [2.24, 2.45) is 0 Å². The highest BCUT2D eigenvalue weighted by Crippen LogP contribution is 2.33. The quantitative estimate of drug-likeness (QED) is 0.531. The summed E-state index contributed by atoms with van der Waals surface area (Å²) in [6.07, 6.45) is 0. The van der Waals surface area contributed by atoms with Crippen molar-refractivity contribution in [3.8, 4) is 0 Å². The molecule has 0 aliphatic carbocycles. The van der Waals surface area contributed by atoms with E-state index in [-0.39, 0.29) is 5.91 Å². The molecule has 0 heterocycles. The van der Waals surface area contributed by atoms with Crippen molar-refractivity contribution < 1.29 is 4.79 Å². The summed E-state index contributed by atoms with van der Waals surface area (Å²) in [4.78, 5) is 13.3. The summed E-state index contributed by atoms with van der Waals surface area (Å²) in [6.45, 7) is 4.30. The highest BCUT2D eigenvalue weighted by molar-refractivity contribution is 8.00. The molecule has 0 aliphatic heterocycles. The van der Waals surface area contributed by atoms with E-state index in [9.17, 15) is 4.79 Å². The van der Waals surface area contributed by atoms with E-state index in [4.69, 9.17) is 11.6 Å². The van der Waals surface area contributed by atoms with Gasteiger partial charge < -0.3 is 5.32 Å². The van der Waals surface area contributed by atoms with E-state index in [1.54, 1.807) is 0 Å². The molecule has 3 aromatic rings. The first-order valence-electron chi connectivity index (χ1n) is 8.24. The Kier molecular flexibility index (Phi) is 5.67. The number of benzene rings is 3. The van der Waals surface area contributed by atoms with Crippen LogP contribution in [0.3, 0.4) is 0 Å². The van der Waals surface area contributed by atoms with Crippen molar-refractivity contribution in [1.29, 1.82) is 0 Å². The average Bonchev–Trinajstić information content (AvgIpc) is 2.60. The number of amides is 1. The van der Waals surface area contributed by atoms with E-state index in [1.807, 2.05) is 48.5 Å². The van der Waals surface area contributed by atoms with E-state index in [0.29, 0.717) is 16.7 Å². The lowest BCUT2D eigenvalue weighted by atomic mass is 10.0. The minimum atomic E-state index is -0.0219. The second-order valence-corrected chi connectivity index (χ2v) is 7.63. The molecular formula is C21H20ClNOS. The van der Waals surface area contributed by atoms with Gasteiger partial charge in [0.05, 0.1) is 5.75 Å². The number of rotatable bonds is 5. The van der Waals surface area contributed by atoms with Gasteiger partial charge in [0.25, 0.3) is 0 Å². The number of nitrogens with one attached hydrogen (secondary N) is 1. The Bertz CT molecular complexity index is 885. The summed E-state index contributed by atoms with van der Waals surface area (Å²) in [5.74, 6) is 0.804. The van der Waals surface area contributed by atoms with Crippen molar-refractivity contribution in [2.45, 2.75) is 24.7 Å². The van der Waals surface area contributed by atoms with Gasteiger partial charge in [0.2, 0.25) is 5.91 Å². The number of halogens is 1. The fraction of sp³-hybridized carbons (Fsp3) is 0.190. The van der Waals surface area contributed by atoms with Crippen LogP contribution in [0.25, 0.3) is 10.8 Å². The van der Waals surface area contributed by atoms with E-state index in [2.05, 4.69) is 31.3 Å². The van der Waals surface area contributed by atoms with Crippen LogP contribution in [-0.2, 0) is 4.79 Å². The first-order valence-corrected chi connectivity index (χ1v) is 9.61. The lowest BCUT2D eigenvalue weighted by Crippen LogP contribution is -2.14. The zero-order valence-corrected chi connectivity index (χ0v) is 15.8. The van der Waals surface area contributed by atoms with Crippen molar-refractivity contribution in [1.82, 2.24) is 0 Å². The van der Waals surface area contributed by atoms with Gasteiger partial charge in [-0.2, -0.15) is 0 Å². The molecule has 0 fully saturated rings. The number of fused-ring (bicyclic) bond motifs is 1. The maximum absolute atomic E-state index is 12.3. The van der Waals surface area contributed by atoms with Crippen LogP contribution in [0.4, 0.5) is 5.69 Å². The van der Waals surface area contributed by atoms with Gasteiger partial charge in [-0.25, -0.2) is 0 Å². The summed E-state index contributed by atoms with van der Waals surface area (Å²) >= 11 is 7.84. The van der Waals surface area contributed by atoms with Crippen LogP contribution < -0.4 is 5.32 Å². The standard InChI is InChI=1S/C21H20ClNOS/c1-14(2)15-9-11-17(12-10-15)23-20(24)13-25-19-8-4-6-16-5-3-7-18(22)21(16)19/h3-12,14H,13H2,1-2H3,(H,23,24). The molecule has 0 aromatic heterocycles. The first kappa shape index (κ1) is 17.8. The van der Waals surface area contributed by atoms with Crippen LogP contribution in [0.2, 0.25) is 5.02 Å². The zero-order valence-electron chi connectivity index (χ0n) is 14.3. The molecule has 0 atom stereocenters. The van der Waals surface area contributed by atoms with Gasteiger partial charge in [0.15, 0.2) is 0 Å². The van der Waals surface area contributed by atoms with Crippen LogP contribution in [0, 0.1) is 0 Å². The number of anilines is 1. The third-order valence-electron chi connectivity index (χ3n) is 4.04. The monoisotopic (exact) mass is 369 g/mol. The van der Waals surface area contributed by atoms with Gasteiger partial charge in [-0.3, -0.25) is 4.79 Å². The summed E-state index contributed by atoms with van der Waals surface area (Å²) in [7, 11) is 0. The number of carbonyl (C=O) groups excluding carboxylic acids is 1. The second kappa shape index (κ2) is 7.94. The van der Waals surface area contributed by atoms with Crippen LogP contribution in [-0.4, -0.2) is 11.7 Å². The van der Waals surface area contributed by atoms with E-state index < -0.39 is 0 Å². The number of thioether (sulfide) groups is 1. The molecule has 0 aliphatic rings. The summed E-state index contributed by atoms with van der Waals surface area (Å²) < 4.78 is 0. The molecule has 4 heteroatoms. The summed E-state index contributed by atoms with van der Waals surface area (Å²) in [6, 6.07) is 19.9. The number of hydrogen-bond acceptors (Lipinski definition) is 2. The smallest absolute Gasteiger partial charge is 0.234 e. The fourth-order valence-electron chi connectivity index (χ4n) is 2.67. The Hall–Kier alpha value is -1.97. The predicted octanol–water partition coefficient (Wildman–Crippen LogP) is 6.35. The minimum Gasteiger partial charge on any atom is -0.325 e. The van der Waals surface area contributed by atoms with Crippen molar-refractivity contribution >= 4 is 45.7 Å². The Morgan fingerprint density at radius 3 is 2.40 bits per heavy atom. The summed E-state index contributed by atoms with van der Waals surface area (Å²) in [5.41, 5.74) is 2.09. The van der Waals surface area contributed by atoms with Crippen LogP contribution in [0.1, 0.15) is 25.3 Å². The SMILES string of the molecule is CC(C)c1ccc(NC(=O)CSc2cccc3cccc(Cl)c23)cc1. The minimum absolute atomic E-state index is 0.0219. The first-order chi connectivity index (χ1) is 12.0. The molecule has 1 amide bonds. The Morgan fingerprint density at radius 1 is 1.04 bits per heavy atom. The molecule has 0 radical (unpaired) electrons. The van der Waals surface area contributed by atoms with Gasteiger partial charge in [-0.1, -0.05) is 61.8 Å². The third-order valence-corrected chi connectivity index (χ3v) is 5.41. The maximum atomic E-state index is 12.3. The highest BCUT2D eigenvalue weighted by Gasteiger charge is 2.09. The normalized spacial score (nSPS) is 11.0. The maximum Gasteiger partial charge on any atom is 0.234 e. The number of hydrogen-bond donors (Lipinski definition) is 1. The molecule has 1 N–H and O–H groups in total. The van der Waals surface area contributed by atoms with Gasteiger partial charge in [-0.05, 0) is 41.1 Å². The van der Waals surface area contributed by atoms with E-state index in [0.717, 1.165) is 21.4 Å². The Morgan fingerprint density at radius 2 is 1.72 bits per heavy atom. The van der Waals surface area contributed by atoms with Crippen molar-refractivity contribution in [2.75, 3.05) is 11.1 Å². The topological polar surface area (TPSA) is 29.1 Å².